The molecule has 1 heteroatoms. The molecule has 0 radical (unpaired) electrons. The highest BCUT2D eigenvalue weighted by Crippen LogP contribution is 2.04. The molecule has 10 heavy (non-hydrogen) atoms. The van der Waals surface area contributed by atoms with Crippen LogP contribution in [0.15, 0.2) is 23.3 Å². The van der Waals surface area contributed by atoms with Crippen LogP contribution in [-0.4, -0.2) is 5.78 Å². The fourth-order valence-electron chi connectivity index (χ4n) is 0.653. The van der Waals surface area contributed by atoms with Gasteiger partial charge < -0.3 is 0 Å². The average Bonchev–Trinajstić information content (AvgIpc) is 1.87. The number of rotatable bonds is 2. The van der Waals surface area contributed by atoms with Gasteiger partial charge in [-0.2, -0.15) is 0 Å². The highest BCUT2D eigenvalue weighted by molar-refractivity contribution is 5.93. The molecule has 0 atom stereocenters. The van der Waals surface area contributed by atoms with Crippen LogP contribution >= 0.6 is 0 Å². The van der Waals surface area contributed by atoms with Crippen molar-refractivity contribution in [3.05, 3.63) is 23.3 Å². The van der Waals surface area contributed by atoms with Crippen LogP contribution in [0.3, 0.4) is 0 Å². The minimum absolute atomic E-state index is 0.149. The Labute approximate surface area is 62.4 Å². The summed E-state index contributed by atoms with van der Waals surface area (Å²) in [7, 11) is 0. The molecule has 0 amide bonds. The Balaban J connectivity index is 4.50. The summed E-state index contributed by atoms with van der Waals surface area (Å²) in [6.45, 7) is 7.31. The number of allylic oxidation sites excluding steroid dienone is 4. The summed E-state index contributed by atoms with van der Waals surface area (Å²) in [6, 6.07) is 0. The predicted molar refractivity (Wildman–Crippen MR) is 43.9 cm³/mol. The zero-order valence-electron chi connectivity index (χ0n) is 7.06. The van der Waals surface area contributed by atoms with Crippen molar-refractivity contribution in [1.82, 2.24) is 0 Å². The summed E-state index contributed by atoms with van der Waals surface area (Å²) >= 11 is 0. The number of ketones is 1. The molecular formula is C9H14O. The Morgan fingerprint density at radius 1 is 1.20 bits per heavy atom. The summed E-state index contributed by atoms with van der Waals surface area (Å²) in [6.07, 6.45) is 3.87. The number of carbonyl (C=O) groups is 1. The molecule has 0 fully saturated rings. The Hall–Kier alpha value is -0.850. The summed E-state index contributed by atoms with van der Waals surface area (Å²) in [5.74, 6) is 0.149. The largest absolute Gasteiger partial charge is 0.295 e. The lowest BCUT2D eigenvalue weighted by Crippen LogP contribution is -1.93. The van der Waals surface area contributed by atoms with Crippen LogP contribution in [0.2, 0.25) is 0 Å². The van der Waals surface area contributed by atoms with Crippen LogP contribution < -0.4 is 0 Å². The van der Waals surface area contributed by atoms with Gasteiger partial charge in [0.2, 0.25) is 0 Å². The van der Waals surface area contributed by atoms with Crippen LogP contribution in [0.1, 0.15) is 27.7 Å². The molecule has 0 saturated carbocycles. The first-order valence-electron chi connectivity index (χ1n) is 3.40. The van der Waals surface area contributed by atoms with E-state index in [1.165, 1.54) is 0 Å². The maximum atomic E-state index is 10.8. The summed E-state index contributed by atoms with van der Waals surface area (Å²) in [5.41, 5.74) is 1.90. The molecule has 0 saturated heterocycles. The van der Waals surface area contributed by atoms with Crippen LogP contribution in [0.25, 0.3) is 0 Å². The maximum Gasteiger partial charge on any atom is 0.155 e. The molecular weight excluding hydrogens is 124 g/mol. The first-order chi connectivity index (χ1) is 4.59. The molecule has 0 aromatic heterocycles. The van der Waals surface area contributed by atoms with Crippen LogP contribution in [0.4, 0.5) is 0 Å². The van der Waals surface area contributed by atoms with E-state index in [4.69, 9.17) is 0 Å². The lowest BCUT2D eigenvalue weighted by atomic mass is 10.1. The Morgan fingerprint density at radius 2 is 1.70 bits per heavy atom. The topological polar surface area (TPSA) is 17.1 Å². The van der Waals surface area contributed by atoms with Crippen LogP contribution in [-0.2, 0) is 4.79 Å². The van der Waals surface area contributed by atoms with Gasteiger partial charge in [-0.1, -0.05) is 12.2 Å². The molecule has 0 aliphatic carbocycles. The van der Waals surface area contributed by atoms with Gasteiger partial charge in [-0.05, 0) is 38.8 Å². The Kier molecular flexibility index (Phi) is 3.70. The molecule has 1 nitrogen and oxygen atoms in total. The monoisotopic (exact) mass is 138 g/mol. The second-order valence-electron chi connectivity index (χ2n) is 2.36. The molecule has 0 N–H and O–H groups in total. The number of hydrogen-bond donors (Lipinski definition) is 0. The molecule has 0 aliphatic heterocycles. The molecule has 0 aromatic rings. The van der Waals surface area contributed by atoms with Crippen molar-refractivity contribution in [1.29, 1.82) is 0 Å². The fraction of sp³-hybridized carbons (Fsp3) is 0.444. The third-order valence-corrected chi connectivity index (χ3v) is 1.54. The van der Waals surface area contributed by atoms with Crippen LogP contribution in [0.5, 0.6) is 0 Å². The van der Waals surface area contributed by atoms with Crippen molar-refractivity contribution in [3.63, 3.8) is 0 Å². The minimum atomic E-state index is 0.149. The second-order valence-corrected chi connectivity index (χ2v) is 2.36. The minimum Gasteiger partial charge on any atom is -0.295 e. The third-order valence-electron chi connectivity index (χ3n) is 1.54. The van der Waals surface area contributed by atoms with E-state index >= 15 is 0 Å². The van der Waals surface area contributed by atoms with Gasteiger partial charge in [0.1, 0.15) is 0 Å². The molecule has 0 spiro atoms. The second kappa shape index (κ2) is 4.04. The summed E-state index contributed by atoms with van der Waals surface area (Å²) < 4.78 is 0. The van der Waals surface area contributed by atoms with Gasteiger partial charge in [-0.15, -0.1) is 0 Å². The van der Waals surface area contributed by atoms with Gasteiger partial charge in [0.25, 0.3) is 0 Å². The van der Waals surface area contributed by atoms with E-state index in [9.17, 15) is 4.79 Å². The number of carbonyl (C=O) groups excluding carboxylic acids is 1. The van der Waals surface area contributed by atoms with E-state index in [-0.39, 0.29) is 5.78 Å². The maximum absolute atomic E-state index is 10.8. The van der Waals surface area contributed by atoms with E-state index in [0.29, 0.717) is 0 Å². The predicted octanol–water partition coefficient (Wildman–Crippen LogP) is 2.49. The number of Topliss-reactive ketones (excluding diaryl/α,β-unsaturated/α-hetero) is 1. The molecule has 0 unspecified atom stereocenters. The van der Waals surface area contributed by atoms with Crippen LogP contribution in [0, 0.1) is 0 Å². The quantitative estimate of drug-likeness (QED) is 0.423. The average molecular weight is 138 g/mol. The fourth-order valence-corrected chi connectivity index (χ4v) is 0.653. The lowest BCUT2D eigenvalue weighted by molar-refractivity contribution is -0.113. The van der Waals surface area contributed by atoms with Gasteiger partial charge in [-0.3, -0.25) is 4.79 Å². The van der Waals surface area contributed by atoms with Gasteiger partial charge in [0.15, 0.2) is 5.78 Å². The molecule has 0 rings (SSSR count). The normalized spacial score (nSPS) is 13.6. The highest BCUT2D eigenvalue weighted by atomic mass is 16.1. The number of hydrogen-bond acceptors (Lipinski definition) is 1. The molecule has 0 aliphatic rings. The van der Waals surface area contributed by atoms with E-state index in [2.05, 4.69) is 0 Å². The first kappa shape index (κ1) is 9.15. The van der Waals surface area contributed by atoms with Crippen molar-refractivity contribution < 1.29 is 4.79 Å². The zero-order valence-corrected chi connectivity index (χ0v) is 7.06. The first-order valence-corrected chi connectivity index (χ1v) is 3.40. The standard InChI is InChI=1S/C9H14O/c1-5-6-7(2)8(3)9(4)10/h5-6H,1-4H3/b6-5-,8-7+. The van der Waals surface area contributed by atoms with Gasteiger partial charge in [0.05, 0.1) is 0 Å². The van der Waals surface area contributed by atoms with Gasteiger partial charge in [-0.25, -0.2) is 0 Å². The van der Waals surface area contributed by atoms with Crippen molar-refractivity contribution in [3.8, 4) is 0 Å². The third kappa shape index (κ3) is 2.62. The van der Waals surface area contributed by atoms with Crippen molar-refractivity contribution in [2.75, 3.05) is 0 Å². The van der Waals surface area contributed by atoms with Gasteiger partial charge in [0, 0.05) is 0 Å². The SMILES string of the molecule is C/C=C\C(C)=C(/C)C(C)=O. The molecule has 56 valence electrons. The van der Waals surface area contributed by atoms with Crippen molar-refractivity contribution >= 4 is 5.78 Å². The molecule has 0 heterocycles. The summed E-state index contributed by atoms with van der Waals surface area (Å²) in [4.78, 5) is 10.8. The van der Waals surface area contributed by atoms with Crippen molar-refractivity contribution in [2.45, 2.75) is 27.7 Å². The van der Waals surface area contributed by atoms with E-state index in [1.54, 1.807) is 6.92 Å². The molecule has 0 bridgehead atoms. The zero-order chi connectivity index (χ0) is 8.15. The van der Waals surface area contributed by atoms with Gasteiger partial charge >= 0.3 is 0 Å². The Bertz CT molecular complexity index is 185. The smallest absolute Gasteiger partial charge is 0.155 e. The van der Waals surface area contributed by atoms with E-state index < -0.39 is 0 Å². The van der Waals surface area contributed by atoms with E-state index in [0.717, 1.165) is 11.1 Å². The van der Waals surface area contributed by atoms with E-state index in [1.807, 2.05) is 32.9 Å². The summed E-state index contributed by atoms with van der Waals surface area (Å²) in [5, 5.41) is 0. The molecule has 0 aromatic carbocycles. The Morgan fingerprint density at radius 3 is 2.00 bits per heavy atom. The van der Waals surface area contributed by atoms with Crippen molar-refractivity contribution in [2.24, 2.45) is 0 Å². The lowest BCUT2D eigenvalue weighted by Gasteiger charge is -1.96. The highest BCUT2D eigenvalue weighted by Gasteiger charge is 1.97.